The van der Waals surface area contributed by atoms with Crippen molar-refractivity contribution in [1.29, 1.82) is 0 Å². The zero-order chi connectivity index (χ0) is 17.5. The maximum absolute atomic E-state index is 11.9. The van der Waals surface area contributed by atoms with Gasteiger partial charge in [-0.25, -0.2) is 10.0 Å². The molecule has 2 atom stereocenters. The van der Waals surface area contributed by atoms with E-state index < -0.39 is 0 Å². The largest absolute Gasteiger partial charge is 0.395 e. The van der Waals surface area contributed by atoms with Crippen molar-refractivity contribution in [2.45, 2.75) is 45.8 Å². The van der Waals surface area contributed by atoms with Crippen LogP contribution in [0.2, 0.25) is 0 Å². The number of nitrogens with one attached hydrogen (secondary N) is 1. The molecular weight excluding hydrogens is 306 g/mol. The van der Waals surface area contributed by atoms with Gasteiger partial charge in [-0.3, -0.25) is 9.63 Å². The summed E-state index contributed by atoms with van der Waals surface area (Å²) < 4.78 is 0. The molecule has 24 heavy (non-hydrogen) atoms. The van der Waals surface area contributed by atoms with Crippen molar-refractivity contribution in [3.8, 4) is 0 Å². The number of fused-ring (bicyclic) bond motifs is 2. The molecule has 2 unspecified atom stereocenters. The molecule has 4 rings (SSSR count). The van der Waals surface area contributed by atoms with E-state index in [4.69, 9.17) is 9.94 Å². The Hall–Kier alpha value is -1.92. The molecule has 6 nitrogen and oxygen atoms in total. The van der Waals surface area contributed by atoms with Gasteiger partial charge in [0.05, 0.1) is 18.2 Å². The summed E-state index contributed by atoms with van der Waals surface area (Å²) in [7, 11) is 0. The first-order chi connectivity index (χ1) is 11.3. The zero-order valence-electron chi connectivity index (χ0n) is 14.7. The van der Waals surface area contributed by atoms with E-state index >= 15 is 0 Å². The number of aliphatic hydroxyl groups excluding tert-OH is 1. The molecule has 1 fully saturated rings. The van der Waals surface area contributed by atoms with Gasteiger partial charge in [0.2, 0.25) is 0 Å². The molecule has 3 heterocycles. The number of rotatable bonds is 4. The number of hydrogen-bond donors (Lipinski definition) is 2. The van der Waals surface area contributed by atoms with Crippen LogP contribution >= 0.6 is 0 Å². The topological polar surface area (TPSA) is 74.7 Å². The number of nitrogens with zero attached hydrogens (tertiary/aromatic N) is 2. The van der Waals surface area contributed by atoms with Gasteiger partial charge < -0.3 is 10.4 Å². The molecule has 6 heteroatoms. The van der Waals surface area contributed by atoms with Crippen LogP contribution in [0.4, 0.5) is 5.82 Å². The number of hydrogen-bond acceptors (Lipinski definition) is 5. The molecule has 130 valence electrons. The van der Waals surface area contributed by atoms with Gasteiger partial charge in [-0.2, -0.15) is 0 Å². The van der Waals surface area contributed by atoms with Crippen LogP contribution in [0.3, 0.4) is 0 Å². The molecule has 1 saturated heterocycles. The van der Waals surface area contributed by atoms with Crippen LogP contribution in [0, 0.1) is 5.41 Å². The minimum Gasteiger partial charge on any atom is -0.395 e. The lowest BCUT2D eigenvalue weighted by molar-refractivity contribution is -0.117. The summed E-state index contributed by atoms with van der Waals surface area (Å²) >= 11 is 0. The van der Waals surface area contributed by atoms with Crippen molar-refractivity contribution in [2.24, 2.45) is 5.41 Å². The van der Waals surface area contributed by atoms with Gasteiger partial charge in [0, 0.05) is 12.7 Å². The molecule has 0 saturated carbocycles. The minimum atomic E-state index is -0.332. The number of hydroxylamine groups is 1. The standard InChI is InChI=1S/C18H25N3O3/c1-12-9-18(4)11-17(2,3)15(12)21(24-18)14-6-5-13(10-20-14)16(23)19-7-8-22/h5-6,9-10,15,22H,7-8,11H2,1-4H3,(H,19,23). The van der Waals surface area contributed by atoms with E-state index in [0.717, 1.165) is 6.42 Å². The molecule has 0 aromatic carbocycles. The van der Waals surface area contributed by atoms with E-state index in [0.29, 0.717) is 11.4 Å². The van der Waals surface area contributed by atoms with E-state index in [1.165, 1.54) is 5.57 Å². The number of anilines is 1. The Morgan fingerprint density at radius 2 is 2.21 bits per heavy atom. The first-order valence-corrected chi connectivity index (χ1v) is 8.29. The van der Waals surface area contributed by atoms with Crippen LogP contribution in [-0.2, 0) is 4.84 Å². The maximum atomic E-state index is 11.9. The second-order valence-corrected chi connectivity index (χ2v) is 7.57. The molecule has 2 aliphatic heterocycles. The number of carbonyl (C=O) groups excluding carboxylic acids is 1. The molecule has 2 N–H and O–H groups in total. The molecule has 2 bridgehead atoms. The number of carbonyl (C=O) groups is 1. The van der Waals surface area contributed by atoms with Crippen LogP contribution < -0.4 is 10.4 Å². The average molecular weight is 331 g/mol. The lowest BCUT2D eigenvalue weighted by atomic mass is 9.66. The predicted molar refractivity (Wildman–Crippen MR) is 91.6 cm³/mol. The first kappa shape index (κ1) is 16.9. The molecular formula is C18H25N3O3. The van der Waals surface area contributed by atoms with Crippen LogP contribution in [0.1, 0.15) is 44.5 Å². The van der Waals surface area contributed by atoms with Crippen molar-refractivity contribution in [3.63, 3.8) is 0 Å². The second-order valence-electron chi connectivity index (χ2n) is 7.57. The minimum absolute atomic E-state index is 0.0741. The van der Waals surface area contributed by atoms with Gasteiger partial charge in [-0.1, -0.05) is 13.8 Å². The molecule has 1 aliphatic carbocycles. The van der Waals surface area contributed by atoms with Crippen LogP contribution in [0.5, 0.6) is 0 Å². The monoisotopic (exact) mass is 331 g/mol. The van der Waals surface area contributed by atoms with E-state index in [9.17, 15) is 4.79 Å². The Kier molecular flexibility index (Phi) is 4.13. The van der Waals surface area contributed by atoms with E-state index in [-0.39, 0.29) is 36.1 Å². The molecule has 0 spiro atoms. The van der Waals surface area contributed by atoms with E-state index in [1.807, 2.05) is 5.06 Å². The van der Waals surface area contributed by atoms with Gasteiger partial charge in [0.15, 0.2) is 5.82 Å². The van der Waals surface area contributed by atoms with Gasteiger partial charge in [-0.15, -0.1) is 0 Å². The second kappa shape index (κ2) is 5.86. The summed E-state index contributed by atoms with van der Waals surface area (Å²) in [4.78, 5) is 22.5. The summed E-state index contributed by atoms with van der Waals surface area (Å²) in [6.45, 7) is 8.87. The van der Waals surface area contributed by atoms with Crippen molar-refractivity contribution in [3.05, 3.63) is 35.5 Å². The van der Waals surface area contributed by atoms with Crippen LogP contribution in [0.15, 0.2) is 30.0 Å². The summed E-state index contributed by atoms with van der Waals surface area (Å²) in [6.07, 6.45) is 4.71. The van der Waals surface area contributed by atoms with Gasteiger partial charge in [-0.05, 0) is 49.5 Å². The number of aliphatic hydroxyl groups is 1. The Morgan fingerprint density at radius 3 is 2.75 bits per heavy atom. The van der Waals surface area contributed by atoms with Gasteiger partial charge in [0.25, 0.3) is 5.91 Å². The first-order valence-electron chi connectivity index (χ1n) is 8.29. The predicted octanol–water partition coefficient (Wildman–Crippen LogP) is 2.06. The zero-order valence-corrected chi connectivity index (χ0v) is 14.7. The summed E-state index contributed by atoms with van der Waals surface area (Å²) in [6, 6.07) is 3.66. The summed E-state index contributed by atoms with van der Waals surface area (Å²) in [5.41, 5.74) is 1.49. The number of pyridine rings is 1. The van der Waals surface area contributed by atoms with Gasteiger partial charge in [0.1, 0.15) is 5.60 Å². The van der Waals surface area contributed by atoms with Crippen LogP contribution in [-0.4, -0.2) is 40.8 Å². The quantitative estimate of drug-likeness (QED) is 0.826. The van der Waals surface area contributed by atoms with Crippen molar-refractivity contribution < 1.29 is 14.7 Å². The Bertz CT molecular complexity index is 669. The van der Waals surface area contributed by atoms with Crippen LogP contribution in [0.25, 0.3) is 0 Å². The van der Waals surface area contributed by atoms with Gasteiger partial charge >= 0.3 is 0 Å². The summed E-state index contributed by atoms with van der Waals surface area (Å²) in [5.74, 6) is 0.456. The highest BCUT2D eigenvalue weighted by atomic mass is 16.7. The summed E-state index contributed by atoms with van der Waals surface area (Å²) in [5, 5.41) is 13.3. The Labute approximate surface area is 142 Å². The highest BCUT2D eigenvalue weighted by molar-refractivity contribution is 5.94. The average Bonchev–Trinajstić information content (AvgIpc) is 2.49. The van der Waals surface area contributed by atoms with Crippen molar-refractivity contribution >= 4 is 11.7 Å². The molecule has 3 aliphatic rings. The lowest BCUT2D eigenvalue weighted by Crippen LogP contribution is -2.61. The molecule has 0 radical (unpaired) electrons. The fourth-order valence-corrected chi connectivity index (χ4v) is 4.17. The smallest absolute Gasteiger partial charge is 0.252 e. The third-order valence-electron chi connectivity index (χ3n) is 4.69. The van der Waals surface area contributed by atoms with E-state index in [1.54, 1.807) is 18.3 Å². The Morgan fingerprint density at radius 1 is 1.46 bits per heavy atom. The number of amides is 1. The number of aromatic nitrogens is 1. The lowest BCUT2D eigenvalue weighted by Gasteiger charge is -2.56. The molecule has 1 amide bonds. The highest BCUT2D eigenvalue weighted by Crippen LogP contribution is 2.50. The third-order valence-corrected chi connectivity index (χ3v) is 4.69. The Balaban J connectivity index is 1.85. The molecule has 1 aromatic heterocycles. The molecule has 1 aromatic rings. The fraction of sp³-hybridized carbons (Fsp3) is 0.556. The normalized spacial score (nSPS) is 27.8. The highest BCUT2D eigenvalue weighted by Gasteiger charge is 2.52. The van der Waals surface area contributed by atoms with Crippen molar-refractivity contribution in [2.75, 3.05) is 18.2 Å². The van der Waals surface area contributed by atoms with E-state index in [2.05, 4.69) is 44.1 Å². The van der Waals surface area contributed by atoms with Crippen molar-refractivity contribution in [1.82, 2.24) is 10.3 Å². The SMILES string of the molecule is CC1=CC2(C)CC(C)(C)C1N(c1ccc(C(=O)NCCO)cn1)O2. The maximum Gasteiger partial charge on any atom is 0.252 e. The fourth-order valence-electron chi connectivity index (χ4n) is 4.17. The third kappa shape index (κ3) is 2.91.